The monoisotopic (exact) mass is 375 g/mol. The number of benzene rings is 1. The second kappa shape index (κ2) is 6.57. The van der Waals surface area contributed by atoms with E-state index >= 15 is 0 Å². The molecule has 146 valence electrons. The Morgan fingerprint density at radius 2 is 1.82 bits per heavy atom. The molecule has 5 heteroatoms. The summed E-state index contributed by atoms with van der Waals surface area (Å²) in [6.07, 6.45) is 8.08. The third kappa shape index (κ3) is 2.88. The van der Waals surface area contributed by atoms with Gasteiger partial charge >= 0.3 is 0 Å². The highest BCUT2D eigenvalue weighted by atomic mass is 15.2. The molecule has 2 saturated carbocycles. The number of imidazole rings is 1. The minimum absolute atomic E-state index is 0.583. The molecule has 2 aliphatic carbocycles. The Labute approximate surface area is 166 Å². The van der Waals surface area contributed by atoms with Crippen molar-refractivity contribution in [1.29, 1.82) is 0 Å². The maximum Gasteiger partial charge on any atom is 0.164 e. The topological polar surface area (TPSA) is 46.8 Å². The lowest BCUT2D eigenvalue weighted by molar-refractivity contribution is 0.391. The van der Waals surface area contributed by atoms with E-state index in [0.717, 1.165) is 40.7 Å². The molecule has 0 unspecified atom stereocenters. The molecule has 0 aliphatic heterocycles. The fraction of sp³-hybridized carbons (Fsp3) is 0.522. The van der Waals surface area contributed by atoms with Crippen LogP contribution in [0, 0.1) is 18.8 Å². The highest BCUT2D eigenvalue weighted by molar-refractivity contribution is 5.89. The van der Waals surface area contributed by atoms with Gasteiger partial charge in [0.1, 0.15) is 23.4 Å². The number of hydrogen-bond acceptors (Lipinski definition) is 4. The molecule has 3 aromatic rings. The molecular formula is C23H29N5. The quantitative estimate of drug-likeness (QED) is 0.621. The van der Waals surface area contributed by atoms with E-state index in [1.54, 1.807) is 6.33 Å². The summed E-state index contributed by atoms with van der Waals surface area (Å²) >= 11 is 0. The molecule has 5 rings (SSSR count). The van der Waals surface area contributed by atoms with Crippen LogP contribution >= 0.6 is 0 Å². The van der Waals surface area contributed by atoms with Crippen LogP contribution in [0.1, 0.15) is 50.0 Å². The van der Waals surface area contributed by atoms with Crippen LogP contribution in [0.25, 0.3) is 22.4 Å². The molecular weight excluding hydrogens is 346 g/mol. The summed E-state index contributed by atoms with van der Waals surface area (Å²) in [6, 6.07) is 7.14. The first-order valence-electron chi connectivity index (χ1n) is 10.6. The summed E-state index contributed by atoms with van der Waals surface area (Å²) in [5.74, 6) is 2.80. The van der Waals surface area contributed by atoms with Gasteiger partial charge in [0, 0.05) is 37.8 Å². The highest BCUT2D eigenvalue weighted by Gasteiger charge is 2.44. The molecule has 0 radical (unpaired) electrons. The third-order valence-electron chi connectivity index (χ3n) is 6.36. The second-order valence-corrected chi connectivity index (χ2v) is 8.71. The molecule has 0 amide bonds. The maximum atomic E-state index is 5.07. The van der Waals surface area contributed by atoms with Gasteiger partial charge < -0.3 is 9.47 Å². The molecule has 2 aliphatic rings. The minimum atomic E-state index is 0.583. The number of hydrogen-bond donors (Lipinski definition) is 0. The Morgan fingerprint density at radius 1 is 1.11 bits per heavy atom. The van der Waals surface area contributed by atoms with Gasteiger partial charge in [0.15, 0.2) is 5.65 Å². The van der Waals surface area contributed by atoms with Crippen LogP contribution < -0.4 is 4.90 Å². The van der Waals surface area contributed by atoms with Crippen molar-refractivity contribution >= 4 is 16.9 Å². The van der Waals surface area contributed by atoms with Gasteiger partial charge in [0.25, 0.3) is 0 Å². The molecule has 2 fully saturated rings. The van der Waals surface area contributed by atoms with Gasteiger partial charge in [-0.05, 0) is 62.1 Å². The van der Waals surface area contributed by atoms with Crippen molar-refractivity contribution in [2.45, 2.75) is 52.0 Å². The van der Waals surface area contributed by atoms with Crippen LogP contribution in [0.5, 0.6) is 0 Å². The lowest BCUT2D eigenvalue weighted by Gasteiger charge is -2.20. The molecule has 0 saturated heterocycles. The fourth-order valence-electron chi connectivity index (χ4n) is 4.59. The summed E-state index contributed by atoms with van der Waals surface area (Å²) in [7, 11) is 4.14. The number of fused-ring (bicyclic) bond motifs is 1. The summed E-state index contributed by atoms with van der Waals surface area (Å²) in [5, 5.41) is 0. The van der Waals surface area contributed by atoms with Crippen LogP contribution in [-0.4, -0.2) is 33.6 Å². The molecule has 28 heavy (non-hydrogen) atoms. The van der Waals surface area contributed by atoms with E-state index in [0.29, 0.717) is 6.04 Å². The number of nitrogens with zero attached hydrogens (tertiary/aromatic N) is 5. The van der Waals surface area contributed by atoms with Gasteiger partial charge in [-0.15, -0.1) is 0 Å². The van der Waals surface area contributed by atoms with Gasteiger partial charge in [-0.3, -0.25) is 0 Å². The van der Waals surface area contributed by atoms with Crippen LogP contribution in [-0.2, 0) is 6.42 Å². The molecule has 0 atom stereocenters. The maximum absolute atomic E-state index is 5.07. The number of rotatable bonds is 6. The Morgan fingerprint density at radius 3 is 2.39 bits per heavy atom. The van der Waals surface area contributed by atoms with E-state index in [9.17, 15) is 0 Å². The van der Waals surface area contributed by atoms with E-state index in [2.05, 4.69) is 60.6 Å². The Bertz CT molecular complexity index is 1010. The second-order valence-electron chi connectivity index (χ2n) is 8.71. The number of anilines is 1. The average molecular weight is 376 g/mol. The highest BCUT2D eigenvalue weighted by Crippen LogP contribution is 2.53. The lowest BCUT2D eigenvalue weighted by Crippen LogP contribution is -2.16. The van der Waals surface area contributed by atoms with Gasteiger partial charge in [0.2, 0.25) is 0 Å². The van der Waals surface area contributed by atoms with Crippen LogP contribution in [0.3, 0.4) is 0 Å². The predicted molar refractivity (Wildman–Crippen MR) is 114 cm³/mol. The van der Waals surface area contributed by atoms with Crippen molar-refractivity contribution in [3.63, 3.8) is 0 Å². The van der Waals surface area contributed by atoms with Crippen molar-refractivity contribution in [1.82, 2.24) is 19.5 Å². The van der Waals surface area contributed by atoms with Crippen LogP contribution in [0.4, 0.5) is 5.69 Å². The first-order valence-corrected chi connectivity index (χ1v) is 10.6. The zero-order chi connectivity index (χ0) is 19.4. The zero-order valence-electron chi connectivity index (χ0n) is 17.3. The minimum Gasteiger partial charge on any atom is -0.378 e. The van der Waals surface area contributed by atoms with Crippen molar-refractivity contribution in [2.24, 2.45) is 11.8 Å². The molecule has 2 heterocycles. The van der Waals surface area contributed by atoms with E-state index in [1.165, 1.54) is 42.8 Å². The normalized spacial score (nSPS) is 16.9. The van der Waals surface area contributed by atoms with Crippen molar-refractivity contribution in [3.8, 4) is 11.3 Å². The molecule has 0 N–H and O–H groups in total. The predicted octanol–water partition coefficient (Wildman–Crippen LogP) is 4.79. The van der Waals surface area contributed by atoms with Crippen molar-refractivity contribution in [2.75, 3.05) is 19.0 Å². The van der Waals surface area contributed by atoms with E-state index in [1.807, 2.05) is 0 Å². The third-order valence-corrected chi connectivity index (χ3v) is 6.36. The smallest absolute Gasteiger partial charge is 0.164 e. The first-order chi connectivity index (χ1) is 13.6. The van der Waals surface area contributed by atoms with Crippen molar-refractivity contribution < 1.29 is 0 Å². The summed E-state index contributed by atoms with van der Waals surface area (Å²) < 4.78 is 2.49. The molecule has 0 bridgehead atoms. The molecule has 0 spiro atoms. The summed E-state index contributed by atoms with van der Waals surface area (Å²) in [5.41, 5.74) is 6.54. The molecule has 2 aromatic heterocycles. The summed E-state index contributed by atoms with van der Waals surface area (Å²) in [4.78, 5) is 16.6. The van der Waals surface area contributed by atoms with E-state index < -0.39 is 0 Å². The standard InChI is InChI=1S/C23H29N5/c1-5-19-26-21-20(18-11-10-17(27(3)4)12-14(18)2)24-13-25-23(21)28(19)22(15-6-7-15)16-8-9-16/h10-13,15-16,22H,5-9H2,1-4H3. The molecule has 1 aromatic carbocycles. The van der Waals surface area contributed by atoms with Gasteiger partial charge in [-0.2, -0.15) is 0 Å². The van der Waals surface area contributed by atoms with E-state index in [-0.39, 0.29) is 0 Å². The van der Waals surface area contributed by atoms with Crippen LogP contribution in [0.2, 0.25) is 0 Å². The first kappa shape index (κ1) is 17.7. The van der Waals surface area contributed by atoms with Gasteiger partial charge in [-0.1, -0.05) is 13.0 Å². The zero-order valence-corrected chi connectivity index (χ0v) is 17.3. The van der Waals surface area contributed by atoms with Crippen LogP contribution in [0.15, 0.2) is 24.5 Å². The Hall–Kier alpha value is -2.43. The Kier molecular flexibility index (Phi) is 4.14. The van der Waals surface area contributed by atoms with Crippen molar-refractivity contribution in [3.05, 3.63) is 35.9 Å². The lowest BCUT2D eigenvalue weighted by atomic mass is 10.0. The molecule has 5 nitrogen and oxygen atoms in total. The average Bonchev–Trinajstić information content (AvgIpc) is 3.60. The Balaban J connectivity index is 1.68. The summed E-state index contributed by atoms with van der Waals surface area (Å²) in [6.45, 7) is 4.37. The largest absolute Gasteiger partial charge is 0.378 e. The van der Waals surface area contributed by atoms with Gasteiger partial charge in [0.05, 0.1) is 0 Å². The number of aromatic nitrogens is 4. The number of aryl methyl sites for hydroxylation is 2. The van der Waals surface area contributed by atoms with E-state index in [4.69, 9.17) is 9.97 Å². The SMILES string of the molecule is CCc1nc2c(-c3ccc(N(C)C)cc3C)ncnc2n1C(C1CC1)C1CC1. The van der Waals surface area contributed by atoms with Gasteiger partial charge in [-0.25, -0.2) is 15.0 Å². The fourth-order valence-corrected chi connectivity index (χ4v) is 4.59.